The van der Waals surface area contributed by atoms with Crippen LogP contribution in [0, 0.1) is 0 Å². The van der Waals surface area contributed by atoms with E-state index in [2.05, 4.69) is 20.7 Å². The van der Waals surface area contributed by atoms with Crippen LogP contribution in [0.15, 0.2) is 21.5 Å². The molecule has 3 N–H and O–H groups in total. The van der Waals surface area contributed by atoms with Crippen molar-refractivity contribution >= 4 is 61.6 Å². The highest BCUT2D eigenvalue weighted by atomic mass is 79.9. The van der Waals surface area contributed by atoms with Gasteiger partial charge in [0.1, 0.15) is 4.90 Å². The molecule has 0 unspecified atom stereocenters. The fourth-order valence-electron chi connectivity index (χ4n) is 1.27. The molecule has 0 aliphatic heterocycles. The molecule has 110 valence electrons. The highest BCUT2D eigenvalue weighted by Crippen LogP contribution is 2.34. The van der Waals surface area contributed by atoms with Gasteiger partial charge >= 0.3 is 0 Å². The van der Waals surface area contributed by atoms with Crippen LogP contribution in [0.3, 0.4) is 0 Å². The molecule has 4 nitrogen and oxygen atoms in total. The topological polar surface area (TPSA) is 72.2 Å². The van der Waals surface area contributed by atoms with E-state index in [1.54, 1.807) is 6.07 Å². The van der Waals surface area contributed by atoms with Crippen molar-refractivity contribution in [3.63, 3.8) is 0 Å². The number of sulfonamides is 1. The third kappa shape index (κ3) is 5.38. The summed E-state index contributed by atoms with van der Waals surface area (Å²) in [5.41, 5.74) is 5.33. The van der Waals surface area contributed by atoms with E-state index in [1.807, 2.05) is 0 Å². The summed E-state index contributed by atoms with van der Waals surface area (Å²) in [5.74, 6) is 0. The van der Waals surface area contributed by atoms with Crippen molar-refractivity contribution < 1.29 is 8.42 Å². The first kappa shape index (κ1) is 19.4. The summed E-state index contributed by atoms with van der Waals surface area (Å²) in [6.45, 7) is 0.857. The number of hydrogen-bond acceptors (Lipinski definition) is 3. The van der Waals surface area contributed by atoms with Crippen LogP contribution in [0.2, 0.25) is 10.0 Å². The molecule has 1 aromatic carbocycles. The maximum atomic E-state index is 12.0. The number of nitrogens with two attached hydrogens (primary N) is 1. The zero-order chi connectivity index (χ0) is 13.8. The smallest absolute Gasteiger partial charge is 0.242 e. The molecule has 9 heteroatoms. The monoisotopic (exact) mass is 410 g/mol. The molecule has 19 heavy (non-hydrogen) atoms. The van der Waals surface area contributed by atoms with E-state index in [0.29, 0.717) is 24.0 Å². The molecular weight excluding hydrogens is 398 g/mol. The summed E-state index contributed by atoms with van der Waals surface area (Å²) in [5, 5.41) is 0.193. The largest absolute Gasteiger partial charge is 0.330 e. The van der Waals surface area contributed by atoms with Gasteiger partial charge in [-0.05, 0) is 47.4 Å². The molecule has 0 aliphatic rings. The molecule has 0 spiro atoms. The fraction of sp³-hybridized carbons (Fsp3) is 0.400. The molecule has 1 aromatic rings. The van der Waals surface area contributed by atoms with Crippen LogP contribution in [0.1, 0.15) is 12.8 Å². The Morgan fingerprint density at radius 3 is 2.42 bits per heavy atom. The van der Waals surface area contributed by atoms with Gasteiger partial charge < -0.3 is 5.73 Å². The van der Waals surface area contributed by atoms with Crippen LogP contribution in [0.5, 0.6) is 0 Å². The maximum Gasteiger partial charge on any atom is 0.242 e. The molecule has 1 rings (SSSR count). The van der Waals surface area contributed by atoms with E-state index in [-0.39, 0.29) is 27.3 Å². The third-order valence-corrected chi connectivity index (χ3v) is 5.60. The zero-order valence-corrected chi connectivity index (χ0v) is 14.6. The first-order valence-electron chi connectivity index (χ1n) is 5.23. The molecular formula is C10H14BrCl3N2O2S. The molecule has 0 bridgehead atoms. The van der Waals surface area contributed by atoms with Gasteiger partial charge in [-0.1, -0.05) is 23.2 Å². The van der Waals surface area contributed by atoms with Gasteiger partial charge in [0.05, 0.1) is 10.0 Å². The van der Waals surface area contributed by atoms with Gasteiger partial charge in [-0.15, -0.1) is 12.4 Å². The minimum Gasteiger partial charge on any atom is -0.330 e. The van der Waals surface area contributed by atoms with Gasteiger partial charge in [0.2, 0.25) is 10.0 Å². The highest BCUT2D eigenvalue weighted by Gasteiger charge is 2.20. The van der Waals surface area contributed by atoms with E-state index in [4.69, 9.17) is 28.9 Å². The Balaban J connectivity index is 0.00000324. The van der Waals surface area contributed by atoms with Gasteiger partial charge in [-0.3, -0.25) is 0 Å². The average Bonchev–Trinajstić information content (AvgIpc) is 2.31. The fourth-order valence-corrected chi connectivity index (χ4v) is 3.56. The van der Waals surface area contributed by atoms with Crippen LogP contribution >= 0.6 is 51.5 Å². The van der Waals surface area contributed by atoms with Crippen molar-refractivity contribution in [2.75, 3.05) is 13.1 Å². The molecule has 0 saturated heterocycles. The van der Waals surface area contributed by atoms with Crippen molar-refractivity contribution in [2.24, 2.45) is 5.73 Å². The second-order valence-corrected chi connectivity index (χ2v) is 6.91. The van der Waals surface area contributed by atoms with Crippen LogP contribution in [-0.4, -0.2) is 21.5 Å². The van der Waals surface area contributed by atoms with Crippen molar-refractivity contribution in [3.8, 4) is 0 Å². The normalized spacial score (nSPS) is 11.2. The predicted octanol–water partition coefficient (Wildman–Crippen LogP) is 3.19. The summed E-state index contributed by atoms with van der Waals surface area (Å²) >= 11 is 15.0. The molecule has 0 heterocycles. The van der Waals surface area contributed by atoms with Crippen LogP contribution in [0.25, 0.3) is 0 Å². The second-order valence-electron chi connectivity index (χ2n) is 3.57. The van der Waals surface area contributed by atoms with Crippen molar-refractivity contribution in [3.05, 3.63) is 26.7 Å². The van der Waals surface area contributed by atoms with E-state index in [9.17, 15) is 8.42 Å². The number of hydrogen-bond donors (Lipinski definition) is 2. The van der Waals surface area contributed by atoms with Crippen LogP contribution < -0.4 is 10.5 Å². The number of rotatable bonds is 6. The Hall–Kier alpha value is 0.440. The third-order valence-electron chi connectivity index (χ3n) is 2.21. The SMILES string of the molecule is Cl.NCCCCNS(=O)(=O)c1ccc(Br)c(Cl)c1Cl. The molecule has 0 saturated carbocycles. The highest BCUT2D eigenvalue weighted by molar-refractivity contribution is 9.10. The molecule has 0 amide bonds. The van der Waals surface area contributed by atoms with Gasteiger partial charge in [0, 0.05) is 11.0 Å². The summed E-state index contributed by atoms with van der Waals surface area (Å²) in [6, 6.07) is 2.95. The second kappa shape index (κ2) is 8.67. The lowest BCUT2D eigenvalue weighted by molar-refractivity contribution is 0.577. The Kier molecular flexibility index (Phi) is 8.87. The molecule has 0 atom stereocenters. The number of unbranched alkanes of at least 4 members (excludes halogenated alkanes) is 1. The van der Waals surface area contributed by atoms with Gasteiger partial charge in [-0.25, -0.2) is 13.1 Å². The van der Waals surface area contributed by atoms with Crippen LogP contribution in [0.4, 0.5) is 0 Å². The summed E-state index contributed by atoms with van der Waals surface area (Å²) in [7, 11) is -3.64. The summed E-state index contributed by atoms with van der Waals surface area (Å²) in [6.07, 6.45) is 1.44. The van der Waals surface area contributed by atoms with Gasteiger partial charge in [0.15, 0.2) is 0 Å². The van der Waals surface area contributed by atoms with Crippen molar-refractivity contribution in [2.45, 2.75) is 17.7 Å². The Labute approximate surface area is 137 Å². The summed E-state index contributed by atoms with van der Waals surface area (Å²) < 4.78 is 27.0. The average molecular weight is 413 g/mol. The van der Waals surface area contributed by atoms with Gasteiger partial charge in [-0.2, -0.15) is 0 Å². The molecule has 0 radical (unpaired) electrons. The van der Waals surface area contributed by atoms with E-state index < -0.39 is 10.0 Å². The standard InChI is InChI=1S/C10H13BrCl2N2O2S.ClH/c11-7-3-4-8(10(13)9(7)12)18(16,17)15-6-2-1-5-14;/h3-4,15H,1-2,5-6,14H2;1H. The number of halogens is 4. The lowest BCUT2D eigenvalue weighted by Crippen LogP contribution is -2.25. The Bertz CT molecular complexity index is 526. The zero-order valence-electron chi connectivity index (χ0n) is 9.83. The lowest BCUT2D eigenvalue weighted by Gasteiger charge is -2.09. The Morgan fingerprint density at radius 2 is 1.84 bits per heavy atom. The number of nitrogens with one attached hydrogen (secondary N) is 1. The lowest BCUT2D eigenvalue weighted by atomic mass is 10.3. The molecule has 0 aromatic heterocycles. The quantitative estimate of drug-likeness (QED) is 0.557. The van der Waals surface area contributed by atoms with Gasteiger partial charge in [0.25, 0.3) is 0 Å². The number of benzene rings is 1. The van der Waals surface area contributed by atoms with E-state index >= 15 is 0 Å². The first-order valence-corrected chi connectivity index (χ1v) is 8.26. The van der Waals surface area contributed by atoms with Crippen molar-refractivity contribution in [1.29, 1.82) is 0 Å². The van der Waals surface area contributed by atoms with Crippen molar-refractivity contribution in [1.82, 2.24) is 4.72 Å². The molecule has 0 fully saturated rings. The first-order chi connectivity index (χ1) is 8.40. The summed E-state index contributed by atoms with van der Waals surface area (Å²) in [4.78, 5) is -0.0230. The van der Waals surface area contributed by atoms with E-state index in [1.165, 1.54) is 6.07 Å². The van der Waals surface area contributed by atoms with E-state index in [0.717, 1.165) is 6.42 Å². The minimum absolute atomic E-state index is 0. The minimum atomic E-state index is -3.64. The predicted molar refractivity (Wildman–Crippen MR) is 84.9 cm³/mol. The Morgan fingerprint density at radius 1 is 1.21 bits per heavy atom. The molecule has 0 aliphatic carbocycles. The van der Waals surface area contributed by atoms with Crippen LogP contribution in [-0.2, 0) is 10.0 Å². The maximum absolute atomic E-state index is 12.0.